The highest BCUT2D eigenvalue weighted by molar-refractivity contribution is 9.10. The van der Waals surface area contributed by atoms with Gasteiger partial charge in [-0.2, -0.15) is 0 Å². The van der Waals surface area contributed by atoms with E-state index in [4.69, 9.17) is 17.3 Å². The third-order valence-corrected chi connectivity index (χ3v) is 5.32. The van der Waals surface area contributed by atoms with Gasteiger partial charge in [-0.25, -0.2) is 8.42 Å². The standard InChI is InChI=1S/C13H10BrClN2O3S/c14-10-3-1-2-4-12(10)21(19,20)17-8-5-6-9(13(16)18)11(15)7-8/h1-7,17H,(H2,16,18). The van der Waals surface area contributed by atoms with E-state index >= 15 is 0 Å². The lowest BCUT2D eigenvalue weighted by Gasteiger charge is -2.10. The van der Waals surface area contributed by atoms with E-state index in [1.807, 2.05) is 0 Å². The topological polar surface area (TPSA) is 89.3 Å². The van der Waals surface area contributed by atoms with Crippen molar-refractivity contribution in [2.24, 2.45) is 5.73 Å². The van der Waals surface area contributed by atoms with Crippen LogP contribution in [-0.2, 0) is 10.0 Å². The van der Waals surface area contributed by atoms with Gasteiger partial charge in [-0.3, -0.25) is 9.52 Å². The number of primary amides is 1. The van der Waals surface area contributed by atoms with Crippen molar-refractivity contribution < 1.29 is 13.2 Å². The Kier molecular flexibility index (Phi) is 4.55. The molecular formula is C13H10BrClN2O3S. The van der Waals surface area contributed by atoms with Crippen LogP contribution in [0.3, 0.4) is 0 Å². The van der Waals surface area contributed by atoms with Crippen LogP contribution in [0.2, 0.25) is 5.02 Å². The maximum atomic E-state index is 12.3. The lowest BCUT2D eigenvalue weighted by Crippen LogP contribution is -2.15. The molecule has 110 valence electrons. The Balaban J connectivity index is 2.36. The molecule has 0 bridgehead atoms. The summed E-state index contributed by atoms with van der Waals surface area (Å²) in [5.41, 5.74) is 5.50. The van der Waals surface area contributed by atoms with Gasteiger partial charge in [0.1, 0.15) is 4.90 Å². The van der Waals surface area contributed by atoms with Gasteiger partial charge in [-0.15, -0.1) is 0 Å². The van der Waals surface area contributed by atoms with E-state index in [2.05, 4.69) is 20.7 Å². The van der Waals surface area contributed by atoms with Crippen molar-refractivity contribution in [1.29, 1.82) is 0 Å². The predicted octanol–water partition coefficient (Wildman–Crippen LogP) is 3.00. The summed E-state index contributed by atoms with van der Waals surface area (Å²) in [6.07, 6.45) is 0. The van der Waals surface area contributed by atoms with Crippen LogP contribution in [0.5, 0.6) is 0 Å². The Morgan fingerprint density at radius 1 is 1.19 bits per heavy atom. The number of carbonyl (C=O) groups is 1. The van der Waals surface area contributed by atoms with E-state index in [0.29, 0.717) is 4.47 Å². The van der Waals surface area contributed by atoms with Crippen molar-refractivity contribution in [1.82, 2.24) is 0 Å². The lowest BCUT2D eigenvalue weighted by atomic mass is 10.2. The number of benzene rings is 2. The molecule has 2 aromatic carbocycles. The van der Waals surface area contributed by atoms with Gasteiger partial charge in [0.2, 0.25) is 5.91 Å². The van der Waals surface area contributed by atoms with Crippen molar-refractivity contribution in [2.75, 3.05) is 4.72 Å². The van der Waals surface area contributed by atoms with E-state index in [1.54, 1.807) is 18.2 Å². The van der Waals surface area contributed by atoms with Crippen molar-refractivity contribution in [3.8, 4) is 0 Å². The molecule has 0 radical (unpaired) electrons. The summed E-state index contributed by atoms with van der Waals surface area (Å²) < 4.78 is 27.4. The van der Waals surface area contributed by atoms with Gasteiger partial charge < -0.3 is 5.73 Å². The molecule has 8 heteroatoms. The number of nitrogens with two attached hydrogens (primary N) is 1. The molecule has 0 aliphatic rings. The molecule has 0 aliphatic heterocycles. The molecule has 0 atom stereocenters. The number of nitrogens with one attached hydrogen (secondary N) is 1. The zero-order valence-electron chi connectivity index (χ0n) is 10.5. The first kappa shape index (κ1) is 15.8. The second kappa shape index (κ2) is 6.05. The first-order valence-corrected chi connectivity index (χ1v) is 8.33. The maximum Gasteiger partial charge on any atom is 0.263 e. The Morgan fingerprint density at radius 3 is 2.43 bits per heavy atom. The fourth-order valence-electron chi connectivity index (χ4n) is 1.65. The molecule has 0 aromatic heterocycles. The first-order valence-electron chi connectivity index (χ1n) is 5.68. The predicted molar refractivity (Wildman–Crippen MR) is 84.9 cm³/mol. The number of rotatable bonds is 4. The third kappa shape index (κ3) is 3.55. The number of hydrogen-bond donors (Lipinski definition) is 2. The van der Waals surface area contributed by atoms with E-state index < -0.39 is 15.9 Å². The molecule has 0 saturated carbocycles. The Bertz CT molecular complexity index is 809. The van der Waals surface area contributed by atoms with Crippen LogP contribution in [0.1, 0.15) is 10.4 Å². The van der Waals surface area contributed by atoms with E-state index in [-0.39, 0.29) is 21.2 Å². The molecule has 0 saturated heterocycles. The number of hydrogen-bond acceptors (Lipinski definition) is 3. The zero-order valence-corrected chi connectivity index (χ0v) is 13.7. The van der Waals surface area contributed by atoms with Crippen molar-refractivity contribution in [3.63, 3.8) is 0 Å². The first-order chi connectivity index (χ1) is 9.81. The molecule has 0 unspecified atom stereocenters. The quantitative estimate of drug-likeness (QED) is 0.842. The minimum absolute atomic E-state index is 0.0785. The van der Waals surface area contributed by atoms with Gasteiger partial charge in [0.05, 0.1) is 16.3 Å². The molecule has 5 nitrogen and oxygen atoms in total. The number of amides is 1. The summed E-state index contributed by atoms with van der Waals surface area (Å²) in [6, 6.07) is 10.5. The lowest BCUT2D eigenvalue weighted by molar-refractivity contribution is 0.100. The molecule has 21 heavy (non-hydrogen) atoms. The van der Waals surface area contributed by atoms with E-state index in [1.165, 1.54) is 24.3 Å². The van der Waals surface area contributed by atoms with Gasteiger partial charge in [0.25, 0.3) is 10.0 Å². The van der Waals surface area contributed by atoms with Crippen molar-refractivity contribution >= 4 is 49.1 Å². The Hall–Kier alpha value is -1.57. The van der Waals surface area contributed by atoms with Crippen molar-refractivity contribution in [3.05, 3.63) is 57.5 Å². The number of carbonyl (C=O) groups excluding carboxylic acids is 1. The summed E-state index contributed by atoms with van der Waals surface area (Å²) in [4.78, 5) is 11.2. The molecule has 1 amide bonds. The summed E-state index contributed by atoms with van der Waals surface area (Å²) in [5, 5.41) is 0.0785. The number of halogens is 2. The smallest absolute Gasteiger partial charge is 0.263 e. The SMILES string of the molecule is NC(=O)c1ccc(NS(=O)(=O)c2ccccc2Br)cc1Cl. The summed E-state index contributed by atoms with van der Waals surface area (Å²) in [7, 11) is -3.77. The van der Waals surface area contributed by atoms with Gasteiger partial charge >= 0.3 is 0 Å². The number of anilines is 1. The molecule has 0 heterocycles. The second-order valence-electron chi connectivity index (χ2n) is 4.09. The van der Waals surface area contributed by atoms with Crippen molar-refractivity contribution in [2.45, 2.75) is 4.90 Å². The van der Waals surface area contributed by atoms with Crippen LogP contribution in [0.4, 0.5) is 5.69 Å². The summed E-state index contributed by atoms with van der Waals surface area (Å²) >= 11 is 9.07. The molecule has 0 spiro atoms. The highest BCUT2D eigenvalue weighted by Crippen LogP contribution is 2.26. The Morgan fingerprint density at radius 2 is 1.86 bits per heavy atom. The van der Waals surface area contributed by atoms with E-state index in [0.717, 1.165) is 0 Å². The Labute approximate surface area is 135 Å². The minimum Gasteiger partial charge on any atom is -0.366 e. The molecule has 2 rings (SSSR count). The normalized spacial score (nSPS) is 11.1. The van der Waals surface area contributed by atoms with Gasteiger partial charge in [0, 0.05) is 4.47 Å². The van der Waals surface area contributed by atoms with E-state index in [9.17, 15) is 13.2 Å². The number of sulfonamides is 1. The largest absolute Gasteiger partial charge is 0.366 e. The highest BCUT2D eigenvalue weighted by Gasteiger charge is 2.18. The fourth-order valence-corrected chi connectivity index (χ4v) is 3.98. The molecule has 0 fully saturated rings. The minimum atomic E-state index is -3.77. The fraction of sp³-hybridized carbons (Fsp3) is 0. The summed E-state index contributed by atoms with van der Waals surface area (Å²) in [6.45, 7) is 0. The monoisotopic (exact) mass is 388 g/mol. The zero-order chi connectivity index (χ0) is 15.6. The molecular weight excluding hydrogens is 380 g/mol. The third-order valence-electron chi connectivity index (χ3n) is 2.61. The maximum absolute atomic E-state index is 12.3. The van der Waals surface area contributed by atoms with Crippen LogP contribution in [-0.4, -0.2) is 14.3 Å². The second-order valence-corrected chi connectivity index (χ2v) is 7.01. The average Bonchev–Trinajstić information content (AvgIpc) is 2.38. The highest BCUT2D eigenvalue weighted by atomic mass is 79.9. The van der Waals surface area contributed by atoms with Crippen LogP contribution in [0, 0.1) is 0 Å². The van der Waals surface area contributed by atoms with Gasteiger partial charge in [-0.05, 0) is 46.3 Å². The van der Waals surface area contributed by atoms with Crippen LogP contribution in [0.25, 0.3) is 0 Å². The van der Waals surface area contributed by atoms with Crippen LogP contribution < -0.4 is 10.5 Å². The van der Waals surface area contributed by atoms with Crippen LogP contribution in [0.15, 0.2) is 51.8 Å². The molecule has 3 N–H and O–H groups in total. The average molecular weight is 390 g/mol. The summed E-state index contributed by atoms with van der Waals surface area (Å²) in [5.74, 6) is -0.680. The van der Waals surface area contributed by atoms with Crippen LogP contribution >= 0.6 is 27.5 Å². The molecule has 2 aromatic rings. The van der Waals surface area contributed by atoms with Gasteiger partial charge in [-0.1, -0.05) is 23.7 Å². The molecule has 0 aliphatic carbocycles. The van der Waals surface area contributed by atoms with Gasteiger partial charge in [0.15, 0.2) is 0 Å².